The lowest BCUT2D eigenvalue weighted by molar-refractivity contribution is -0.929. The lowest BCUT2D eigenvalue weighted by atomic mass is 10.1. The molecular weight excluding hydrogens is 378 g/mol. The SMILES string of the molecule is CCCC[N+](CCCC)(CCCC)CCCC.OCCOCCOCCO.[Cl-]. The number of unbranched alkanes of at least 4 members (excludes halogenated alkanes) is 4. The van der Waals surface area contributed by atoms with Crippen LogP contribution in [0.2, 0.25) is 0 Å². The first-order valence-electron chi connectivity index (χ1n) is 11.4. The molecule has 0 aliphatic carbocycles. The van der Waals surface area contributed by atoms with Crippen molar-refractivity contribution in [2.75, 3.05) is 65.8 Å². The van der Waals surface area contributed by atoms with Gasteiger partial charge in [0.2, 0.25) is 0 Å². The minimum absolute atomic E-state index is 0. The van der Waals surface area contributed by atoms with E-state index < -0.39 is 0 Å². The molecule has 0 radical (unpaired) electrons. The van der Waals surface area contributed by atoms with Gasteiger partial charge in [-0.1, -0.05) is 53.4 Å². The quantitative estimate of drug-likeness (QED) is 0.238. The molecule has 6 heteroatoms. The highest BCUT2D eigenvalue weighted by Crippen LogP contribution is 2.16. The molecule has 0 unspecified atom stereocenters. The maximum absolute atomic E-state index is 8.26. The molecule has 2 N–H and O–H groups in total. The Kier molecular flexibility index (Phi) is 31.7. The highest BCUT2D eigenvalue weighted by molar-refractivity contribution is 4.49. The van der Waals surface area contributed by atoms with Crippen LogP contribution in [0.3, 0.4) is 0 Å². The summed E-state index contributed by atoms with van der Waals surface area (Å²) in [7, 11) is 0. The van der Waals surface area contributed by atoms with E-state index in [9.17, 15) is 0 Å². The summed E-state index contributed by atoms with van der Waals surface area (Å²) in [4.78, 5) is 0. The van der Waals surface area contributed by atoms with Crippen molar-refractivity contribution >= 4 is 0 Å². The second-order valence-electron chi connectivity index (χ2n) is 7.32. The molecule has 28 heavy (non-hydrogen) atoms. The number of hydrogen-bond donors (Lipinski definition) is 2. The topological polar surface area (TPSA) is 58.9 Å². The summed E-state index contributed by atoms with van der Waals surface area (Å²) in [6, 6.07) is 0. The Labute approximate surface area is 181 Å². The monoisotopic (exact) mass is 427 g/mol. The van der Waals surface area contributed by atoms with E-state index in [1.54, 1.807) is 0 Å². The molecule has 0 fully saturated rings. The highest BCUT2D eigenvalue weighted by Gasteiger charge is 2.24. The summed E-state index contributed by atoms with van der Waals surface area (Å²) in [6.07, 6.45) is 11.1. The lowest BCUT2D eigenvalue weighted by Gasteiger charge is -2.39. The maximum atomic E-state index is 8.26. The van der Waals surface area contributed by atoms with Crippen molar-refractivity contribution < 1.29 is 36.6 Å². The van der Waals surface area contributed by atoms with Gasteiger partial charge in [0, 0.05) is 0 Å². The average Bonchev–Trinajstić information content (AvgIpc) is 2.70. The van der Waals surface area contributed by atoms with E-state index in [2.05, 4.69) is 27.7 Å². The summed E-state index contributed by atoms with van der Waals surface area (Å²) in [5.74, 6) is 0. The molecule has 0 saturated carbocycles. The van der Waals surface area contributed by atoms with Crippen LogP contribution < -0.4 is 12.4 Å². The van der Waals surface area contributed by atoms with Gasteiger partial charge in [-0.3, -0.25) is 0 Å². The van der Waals surface area contributed by atoms with E-state index in [0.717, 1.165) is 0 Å². The number of quaternary nitrogens is 1. The molecule has 0 amide bonds. The van der Waals surface area contributed by atoms with Crippen molar-refractivity contribution in [3.8, 4) is 0 Å². The van der Waals surface area contributed by atoms with E-state index in [-0.39, 0.29) is 25.6 Å². The number of hydrogen-bond acceptors (Lipinski definition) is 4. The summed E-state index contributed by atoms with van der Waals surface area (Å²) >= 11 is 0. The fourth-order valence-electron chi connectivity index (χ4n) is 3.10. The number of aliphatic hydroxyl groups excluding tert-OH is 2. The van der Waals surface area contributed by atoms with Gasteiger partial charge in [-0.25, -0.2) is 0 Å². The molecule has 0 aromatic heterocycles. The Morgan fingerprint density at radius 3 is 1.04 bits per heavy atom. The van der Waals surface area contributed by atoms with Crippen LogP contribution in [-0.4, -0.2) is 80.5 Å². The molecule has 0 bridgehead atoms. The van der Waals surface area contributed by atoms with E-state index in [1.165, 1.54) is 82.0 Å². The van der Waals surface area contributed by atoms with Crippen molar-refractivity contribution in [2.24, 2.45) is 0 Å². The number of halogens is 1. The van der Waals surface area contributed by atoms with Crippen molar-refractivity contribution in [1.82, 2.24) is 0 Å². The molecule has 0 aromatic carbocycles. The Morgan fingerprint density at radius 1 is 0.536 bits per heavy atom. The molecular formula is C22H50ClNO4. The Morgan fingerprint density at radius 2 is 0.821 bits per heavy atom. The Hall–Kier alpha value is 0.0900. The van der Waals surface area contributed by atoms with Gasteiger partial charge in [0.05, 0.1) is 65.8 Å². The van der Waals surface area contributed by atoms with E-state index >= 15 is 0 Å². The molecule has 0 heterocycles. The van der Waals surface area contributed by atoms with Gasteiger partial charge in [-0.2, -0.15) is 0 Å². The van der Waals surface area contributed by atoms with E-state index in [4.69, 9.17) is 19.7 Å². The largest absolute Gasteiger partial charge is 1.00 e. The van der Waals surface area contributed by atoms with E-state index in [0.29, 0.717) is 26.4 Å². The van der Waals surface area contributed by atoms with Gasteiger partial charge in [0.25, 0.3) is 0 Å². The summed E-state index contributed by atoms with van der Waals surface area (Å²) in [5, 5.41) is 16.5. The number of nitrogens with zero attached hydrogens (tertiary/aromatic N) is 1. The third kappa shape index (κ3) is 22.4. The molecule has 0 atom stereocenters. The highest BCUT2D eigenvalue weighted by atomic mass is 35.5. The zero-order valence-electron chi connectivity index (χ0n) is 19.3. The zero-order chi connectivity index (χ0) is 20.6. The summed E-state index contributed by atoms with van der Waals surface area (Å²) in [5.41, 5.74) is 0. The van der Waals surface area contributed by atoms with Crippen LogP contribution in [0.15, 0.2) is 0 Å². The van der Waals surface area contributed by atoms with Crippen molar-refractivity contribution in [2.45, 2.75) is 79.1 Å². The van der Waals surface area contributed by atoms with Gasteiger partial charge in [0.15, 0.2) is 0 Å². The van der Waals surface area contributed by atoms with Gasteiger partial charge < -0.3 is 36.6 Å². The summed E-state index contributed by atoms with van der Waals surface area (Å²) in [6.45, 7) is 16.7. The second kappa shape index (κ2) is 27.1. The molecule has 0 spiro atoms. The molecule has 0 aliphatic rings. The fraction of sp³-hybridized carbons (Fsp3) is 1.00. The lowest BCUT2D eigenvalue weighted by Crippen LogP contribution is -3.00. The van der Waals surface area contributed by atoms with Crippen LogP contribution >= 0.6 is 0 Å². The van der Waals surface area contributed by atoms with Crippen LogP contribution in [0.5, 0.6) is 0 Å². The Balaban J connectivity index is -0.000000489. The number of ether oxygens (including phenoxy) is 2. The second-order valence-corrected chi connectivity index (χ2v) is 7.32. The van der Waals surface area contributed by atoms with Crippen molar-refractivity contribution in [3.63, 3.8) is 0 Å². The molecule has 0 rings (SSSR count). The standard InChI is InChI=1S/C16H36N.C6H14O4.ClH/c1-5-9-13-17(14-10-6-2,15-11-7-3)16-12-8-4;7-1-3-9-5-6-10-4-2-8;/h5-16H2,1-4H3;7-8H,1-6H2;1H/q+1;;/p-1. The normalized spacial score (nSPS) is 10.9. The van der Waals surface area contributed by atoms with Gasteiger partial charge >= 0.3 is 0 Å². The first-order valence-corrected chi connectivity index (χ1v) is 11.4. The molecule has 0 aromatic rings. The van der Waals surface area contributed by atoms with Gasteiger partial charge in [-0.15, -0.1) is 0 Å². The third-order valence-electron chi connectivity index (χ3n) is 4.79. The molecule has 174 valence electrons. The molecule has 5 nitrogen and oxygen atoms in total. The smallest absolute Gasteiger partial charge is 0.0786 e. The predicted molar refractivity (Wildman–Crippen MR) is 115 cm³/mol. The first kappa shape index (κ1) is 32.7. The zero-order valence-corrected chi connectivity index (χ0v) is 20.0. The van der Waals surface area contributed by atoms with E-state index in [1.807, 2.05) is 0 Å². The molecule has 0 aliphatic heterocycles. The van der Waals surface area contributed by atoms with Crippen LogP contribution in [-0.2, 0) is 9.47 Å². The van der Waals surface area contributed by atoms with Crippen LogP contribution in [0.1, 0.15) is 79.1 Å². The minimum Gasteiger partial charge on any atom is -1.00 e. The fourth-order valence-corrected chi connectivity index (χ4v) is 3.10. The minimum atomic E-state index is 0. The maximum Gasteiger partial charge on any atom is 0.0786 e. The Bertz CT molecular complexity index is 225. The van der Waals surface area contributed by atoms with Crippen molar-refractivity contribution in [1.29, 1.82) is 0 Å². The predicted octanol–water partition coefficient (Wildman–Crippen LogP) is 1.01. The first-order chi connectivity index (χ1) is 13.2. The van der Waals surface area contributed by atoms with Crippen LogP contribution in [0.25, 0.3) is 0 Å². The third-order valence-corrected chi connectivity index (χ3v) is 4.79. The van der Waals surface area contributed by atoms with Gasteiger partial charge in [0.1, 0.15) is 0 Å². The molecule has 0 saturated heterocycles. The van der Waals surface area contributed by atoms with Crippen LogP contribution in [0, 0.1) is 0 Å². The number of rotatable bonds is 19. The van der Waals surface area contributed by atoms with Crippen molar-refractivity contribution in [3.05, 3.63) is 0 Å². The van der Waals surface area contributed by atoms with Crippen LogP contribution in [0.4, 0.5) is 0 Å². The number of aliphatic hydroxyl groups is 2. The van der Waals surface area contributed by atoms with Gasteiger partial charge in [-0.05, 0) is 25.7 Å². The summed E-state index contributed by atoms with van der Waals surface area (Å²) < 4.78 is 11.2. The average molecular weight is 428 g/mol.